The van der Waals surface area contributed by atoms with Gasteiger partial charge in [0.1, 0.15) is 5.75 Å². The largest absolute Gasteiger partial charge is 0.497 e. The van der Waals surface area contributed by atoms with Gasteiger partial charge in [0.25, 0.3) is 0 Å². The fourth-order valence-corrected chi connectivity index (χ4v) is 1.24. The zero-order valence-electron chi connectivity index (χ0n) is 9.99. The number of carboxylic acids is 1. The molecule has 0 saturated carbocycles. The first-order valence-electron chi connectivity index (χ1n) is 5.09. The lowest BCUT2D eigenvalue weighted by Crippen LogP contribution is -2.41. The van der Waals surface area contributed by atoms with Crippen molar-refractivity contribution in [3.05, 3.63) is 23.8 Å². The van der Waals surface area contributed by atoms with E-state index in [1.807, 2.05) is 0 Å². The Morgan fingerprint density at radius 3 is 2.40 bits per heavy atom. The van der Waals surface area contributed by atoms with Gasteiger partial charge < -0.3 is 15.2 Å². The highest BCUT2D eigenvalue weighted by molar-refractivity contribution is 6.03. The van der Waals surface area contributed by atoms with Crippen LogP contribution in [0.15, 0.2) is 18.2 Å². The van der Waals surface area contributed by atoms with Crippen LogP contribution in [0, 0.1) is 0 Å². The van der Waals surface area contributed by atoms with Crippen LogP contribution in [0.3, 0.4) is 0 Å². The van der Waals surface area contributed by atoms with E-state index in [0.29, 0.717) is 0 Å². The first-order chi connectivity index (χ1) is 9.20. The summed E-state index contributed by atoms with van der Waals surface area (Å²) < 4.78 is 54.3. The fourth-order valence-electron chi connectivity index (χ4n) is 1.24. The predicted octanol–water partition coefficient (Wildman–Crippen LogP) is 2.23. The summed E-state index contributed by atoms with van der Waals surface area (Å²) in [6.07, 6.45) is -4.20. The Morgan fingerprint density at radius 1 is 1.35 bits per heavy atom. The number of amides is 1. The second-order valence-electron chi connectivity index (χ2n) is 3.59. The van der Waals surface area contributed by atoms with Gasteiger partial charge in [-0.1, -0.05) is 0 Å². The number of ether oxygens (including phenoxy) is 1. The number of aromatic carboxylic acids is 1. The minimum atomic E-state index is -4.92. The lowest BCUT2D eigenvalue weighted by Gasteiger charge is -2.16. The maximum absolute atomic E-state index is 12.8. The summed E-state index contributed by atoms with van der Waals surface area (Å²) in [4.78, 5) is 22.0. The number of methoxy groups -OCH3 is 1. The van der Waals surface area contributed by atoms with Gasteiger partial charge in [-0.05, 0) is 18.2 Å². The summed E-state index contributed by atoms with van der Waals surface area (Å²) in [5.41, 5.74) is -1.11. The van der Waals surface area contributed by atoms with E-state index in [9.17, 15) is 27.2 Å². The fraction of sp³-hybridized carbons (Fsp3) is 0.273. The quantitative estimate of drug-likeness (QED) is 0.817. The van der Waals surface area contributed by atoms with Gasteiger partial charge in [0.15, 0.2) is 0 Å². The Kier molecular flexibility index (Phi) is 4.53. The lowest BCUT2D eigenvalue weighted by atomic mass is 10.1. The van der Waals surface area contributed by atoms with Gasteiger partial charge in [-0.2, -0.15) is 8.78 Å². The highest BCUT2D eigenvalue weighted by Crippen LogP contribution is 2.27. The third-order valence-corrected chi connectivity index (χ3v) is 2.28. The molecule has 0 bridgehead atoms. The topological polar surface area (TPSA) is 75.6 Å². The van der Waals surface area contributed by atoms with Crippen molar-refractivity contribution >= 4 is 17.6 Å². The molecule has 0 aromatic heterocycles. The van der Waals surface area contributed by atoms with Gasteiger partial charge in [0.05, 0.1) is 18.4 Å². The number of hydrogen-bond donors (Lipinski definition) is 2. The molecule has 1 aromatic rings. The Labute approximate surface area is 110 Å². The summed E-state index contributed by atoms with van der Waals surface area (Å²) in [5, 5.41) is 10.3. The number of alkyl halides is 4. The van der Waals surface area contributed by atoms with Gasteiger partial charge in [0, 0.05) is 0 Å². The van der Waals surface area contributed by atoms with Gasteiger partial charge in [-0.3, -0.25) is 4.79 Å². The number of rotatable bonds is 5. The van der Waals surface area contributed by atoms with Crippen molar-refractivity contribution in [2.75, 3.05) is 12.4 Å². The van der Waals surface area contributed by atoms with Crippen LogP contribution in [0.1, 0.15) is 10.4 Å². The normalized spacial score (nSPS) is 11.3. The SMILES string of the molecule is COc1ccc(NC(=O)C(F)(F)C(F)F)c(C(=O)O)c1. The summed E-state index contributed by atoms with van der Waals surface area (Å²) in [6, 6.07) is 3.10. The number of benzene rings is 1. The molecular formula is C11H9F4NO4. The van der Waals surface area contributed by atoms with Crippen LogP contribution in [0.2, 0.25) is 0 Å². The van der Waals surface area contributed by atoms with Crippen LogP contribution >= 0.6 is 0 Å². The molecule has 0 aliphatic rings. The van der Waals surface area contributed by atoms with E-state index in [2.05, 4.69) is 0 Å². The molecular weight excluding hydrogens is 286 g/mol. The minimum Gasteiger partial charge on any atom is -0.497 e. The van der Waals surface area contributed by atoms with Crippen molar-refractivity contribution < 1.29 is 37.0 Å². The van der Waals surface area contributed by atoms with E-state index in [1.165, 1.54) is 18.5 Å². The first kappa shape index (κ1) is 15.7. The molecule has 5 nitrogen and oxygen atoms in total. The molecule has 110 valence electrons. The maximum Gasteiger partial charge on any atom is 0.383 e. The molecule has 0 unspecified atom stereocenters. The number of halogens is 4. The highest BCUT2D eigenvalue weighted by Gasteiger charge is 2.49. The number of carbonyl (C=O) groups is 2. The van der Waals surface area contributed by atoms with Crippen molar-refractivity contribution in [2.45, 2.75) is 12.3 Å². The molecule has 9 heteroatoms. The van der Waals surface area contributed by atoms with Crippen molar-refractivity contribution in [2.24, 2.45) is 0 Å². The minimum absolute atomic E-state index is 0.0982. The molecule has 1 amide bonds. The zero-order chi connectivity index (χ0) is 15.5. The Hall–Kier alpha value is -2.32. The van der Waals surface area contributed by atoms with Crippen LogP contribution in [-0.2, 0) is 4.79 Å². The molecule has 0 saturated heterocycles. The molecule has 1 rings (SSSR count). The number of carbonyl (C=O) groups excluding carboxylic acids is 1. The molecule has 0 atom stereocenters. The van der Waals surface area contributed by atoms with E-state index >= 15 is 0 Å². The smallest absolute Gasteiger partial charge is 0.383 e. The van der Waals surface area contributed by atoms with E-state index in [-0.39, 0.29) is 5.75 Å². The van der Waals surface area contributed by atoms with E-state index in [4.69, 9.17) is 9.84 Å². The Balaban J connectivity index is 3.10. The van der Waals surface area contributed by atoms with Crippen LogP contribution < -0.4 is 10.1 Å². The summed E-state index contributed by atoms with van der Waals surface area (Å²) in [7, 11) is 1.24. The predicted molar refractivity (Wildman–Crippen MR) is 59.5 cm³/mol. The molecule has 0 radical (unpaired) electrons. The number of anilines is 1. The molecule has 2 N–H and O–H groups in total. The van der Waals surface area contributed by atoms with Gasteiger partial charge >= 0.3 is 24.2 Å². The van der Waals surface area contributed by atoms with Crippen LogP contribution in [0.5, 0.6) is 5.75 Å². The molecule has 0 aliphatic heterocycles. The summed E-state index contributed by atoms with van der Waals surface area (Å²) in [5.74, 6) is -8.66. The van der Waals surface area contributed by atoms with E-state index in [0.717, 1.165) is 12.1 Å². The number of nitrogens with one attached hydrogen (secondary N) is 1. The molecule has 20 heavy (non-hydrogen) atoms. The second kappa shape index (κ2) is 5.76. The van der Waals surface area contributed by atoms with Crippen LogP contribution in [-0.4, -0.2) is 36.4 Å². The van der Waals surface area contributed by atoms with Gasteiger partial charge in [0.2, 0.25) is 0 Å². The van der Waals surface area contributed by atoms with Crippen molar-refractivity contribution in [3.63, 3.8) is 0 Å². The second-order valence-corrected chi connectivity index (χ2v) is 3.59. The lowest BCUT2D eigenvalue weighted by molar-refractivity contribution is -0.163. The summed E-state index contributed by atoms with van der Waals surface area (Å²) >= 11 is 0. The van der Waals surface area contributed by atoms with Gasteiger partial charge in [-0.25, -0.2) is 13.6 Å². The van der Waals surface area contributed by atoms with Crippen LogP contribution in [0.25, 0.3) is 0 Å². The monoisotopic (exact) mass is 295 g/mol. The highest BCUT2D eigenvalue weighted by atomic mass is 19.3. The standard InChI is InChI=1S/C11H9F4NO4/c1-20-5-2-3-7(6(4-5)8(17)18)16-10(19)11(14,15)9(12)13/h2-4,9H,1H3,(H,16,19)(H,17,18). The molecule has 0 fully saturated rings. The Bertz CT molecular complexity index is 533. The van der Waals surface area contributed by atoms with Crippen molar-refractivity contribution in [1.29, 1.82) is 0 Å². The molecule has 0 aliphatic carbocycles. The third-order valence-electron chi connectivity index (χ3n) is 2.28. The van der Waals surface area contributed by atoms with Crippen molar-refractivity contribution in [1.82, 2.24) is 0 Å². The van der Waals surface area contributed by atoms with Crippen LogP contribution in [0.4, 0.5) is 23.2 Å². The average Bonchev–Trinajstić information content (AvgIpc) is 2.38. The third kappa shape index (κ3) is 3.16. The molecule has 0 spiro atoms. The number of hydrogen-bond acceptors (Lipinski definition) is 3. The molecule has 1 aromatic carbocycles. The molecule has 0 heterocycles. The average molecular weight is 295 g/mol. The maximum atomic E-state index is 12.8. The Morgan fingerprint density at radius 2 is 1.95 bits per heavy atom. The van der Waals surface area contributed by atoms with Gasteiger partial charge in [-0.15, -0.1) is 0 Å². The summed E-state index contributed by atoms with van der Waals surface area (Å²) in [6.45, 7) is 0. The van der Waals surface area contributed by atoms with E-state index in [1.54, 1.807) is 0 Å². The first-order valence-corrected chi connectivity index (χ1v) is 5.09. The zero-order valence-corrected chi connectivity index (χ0v) is 9.99. The number of carboxylic acid groups (broad SMARTS) is 1. The van der Waals surface area contributed by atoms with Crippen molar-refractivity contribution in [3.8, 4) is 5.75 Å². The van der Waals surface area contributed by atoms with E-state index < -0.39 is 35.5 Å².